The molecule has 0 saturated carbocycles. The summed E-state index contributed by atoms with van der Waals surface area (Å²) in [5, 5.41) is 0. The smallest absolute Gasteiger partial charge is 0.0497 e. The number of hydrogen-bond acceptors (Lipinski definition) is 1. The SMILES string of the molecule is C=CCN1[CH]CCCc2ccccc21. The Morgan fingerprint density at radius 1 is 1.36 bits per heavy atom. The van der Waals surface area contributed by atoms with E-state index in [4.69, 9.17) is 0 Å². The van der Waals surface area contributed by atoms with Gasteiger partial charge in [0.25, 0.3) is 0 Å². The zero-order chi connectivity index (χ0) is 9.80. The van der Waals surface area contributed by atoms with Gasteiger partial charge in [-0.2, -0.15) is 0 Å². The van der Waals surface area contributed by atoms with E-state index >= 15 is 0 Å². The van der Waals surface area contributed by atoms with Crippen LogP contribution in [0.3, 0.4) is 0 Å². The van der Waals surface area contributed by atoms with E-state index in [0.29, 0.717) is 0 Å². The summed E-state index contributed by atoms with van der Waals surface area (Å²) in [4.78, 5) is 2.30. The molecule has 14 heavy (non-hydrogen) atoms. The number of nitrogens with zero attached hydrogens (tertiary/aromatic N) is 1. The van der Waals surface area contributed by atoms with Crippen molar-refractivity contribution >= 4 is 5.69 Å². The number of rotatable bonds is 2. The molecule has 1 nitrogen and oxygen atoms in total. The molecule has 0 spiro atoms. The number of aryl methyl sites for hydroxylation is 1. The first-order valence-electron chi connectivity index (χ1n) is 5.20. The zero-order valence-electron chi connectivity index (χ0n) is 8.45. The standard InChI is InChI=1S/C13H16N/c1-2-10-14-11-6-5-8-12-7-3-4-9-13(12)14/h2-4,7,9,11H,1,5-6,8,10H2. The first-order valence-corrected chi connectivity index (χ1v) is 5.20. The van der Waals surface area contributed by atoms with E-state index in [1.54, 1.807) is 0 Å². The lowest BCUT2D eigenvalue weighted by atomic mass is 10.1. The fourth-order valence-electron chi connectivity index (χ4n) is 1.95. The van der Waals surface area contributed by atoms with Gasteiger partial charge >= 0.3 is 0 Å². The van der Waals surface area contributed by atoms with E-state index in [1.807, 2.05) is 6.08 Å². The third-order valence-corrected chi connectivity index (χ3v) is 2.63. The third-order valence-electron chi connectivity index (χ3n) is 2.63. The van der Waals surface area contributed by atoms with Crippen molar-refractivity contribution in [1.82, 2.24) is 0 Å². The van der Waals surface area contributed by atoms with Crippen molar-refractivity contribution in [3.05, 3.63) is 49.0 Å². The monoisotopic (exact) mass is 186 g/mol. The summed E-state index contributed by atoms with van der Waals surface area (Å²) in [5.41, 5.74) is 2.81. The van der Waals surface area contributed by atoms with Gasteiger partial charge in [-0.25, -0.2) is 0 Å². The van der Waals surface area contributed by atoms with Gasteiger partial charge in [-0.15, -0.1) is 6.58 Å². The second-order valence-corrected chi connectivity index (χ2v) is 3.64. The molecule has 0 unspecified atom stereocenters. The van der Waals surface area contributed by atoms with E-state index in [9.17, 15) is 0 Å². The van der Waals surface area contributed by atoms with Crippen LogP contribution in [0.4, 0.5) is 5.69 Å². The quantitative estimate of drug-likeness (QED) is 0.641. The van der Waals surface area contributed by atoms with Gasteiger partial charge in [0, 0.05) is 18.8 Å². The van der Waals surface area contributed by atoms with Gasteiger partial charge in [0.15, 0.2) is 0 Å². The van der Waals surface area contributed by atoms with Gasteiger partial charge in [0.05, 0.1) is 0 Å². The summed E-state index contributed by atoms with van der Waals surface area (Å²) in [6.07, 6.45) is 5.58. The van der Waals surface area contributed by atoms with Crippen LogP contribution in [-0.2, 0) is 6.42 Å². The number of para-hydroxylation sites is 1. The van der Waals surface area contributed by atoms with Gasteiger partial charge in [-0.1, -0.05) is 24.3 Å². The van der Waals surface area contributed by atoms with Crippen LogP contribution in [0.5, 0.6) is 0 Å². The number of hydrogen-bond donors (Lipinski definition) is 0. The molecule has 0 aromatic heterocycles. The average Bonchev–Trinajstić information content (AvgIpc) is 2.42. The van der Waals surface area contributed by atoms with Crippen LogP contribution < -0.4 is 4.90 Å². The Kier molecular flexibility index (Phi) is 2.87. The maximum Gasteiger partial charge on any atom is 0.0497 e. The molecule has 0 saturated heterocycles. The lowest BCUT2D eigenvalue weighted by Gasteiger charge is -2.22. The lowest BCUT2D eigenvalue weighted by molar-refractivity contribution is 0.806. The first-order chi connectivity index (χ1) is 6.92. The zero-order valence-corrected chi connectivity index (χ0v) is 8.45. The van der Waals surface area contributed by atoms with Crippen LogP contribution in [0.15, 0.2) is 36.9 Å². The van der Waals surface area contributed by atoms with Crippen molar-refractivity contribution in [3.63, 3.8) is 0 Å². The molecule has 73 valence electrons. The molecule has 0 N–H and O–H groups in total. The molecule has 1 heteroatoms. The van der Waals surface area contributed by atoms with Crippen LogP contribution in [0.2, 0.25) is 0 Å². The summed E-state index contributed by atoms with van der Waals surface area (Å²) in [6, 6.07) is 8.65. The van der Waals surface area contributed by atoms with Crippen LogP contribution in [0.25, 0.3) is 0 Å². The highest BCUT2D eigenvalue weighted by Gasteiger charge is 2.13. The molecule has 0 amide bonds. The Labute approximate surface area is 86.1 Å². The van der Waals surface area contributed by atoms with E-state index in [1.165, 1.54) is 30.5 Å². The Hall–Kier alpha value is -1.24. The minimum absolute atomic E-state index is 0.914. The van der Waals surface area contributed by atoms with E-state index in [0.717, 1.165) is 6.54 Å². The highest BCUT2D eigenvalue weighted by molar-refractivity contribution is 5.56. The predicted octanol–water partition coefficient (Wildman–Crippen LogP) is 3.18. The second kappa shape index (κ2) is 4.32. The Morgan fingerprint density at radius 3 is 3.07 bits per heavy atom. The van der Waals surface area contributed by atoms with Crippen molar-refractivity contribution in [2.45, 2.75) is 19.3 Å². The van der Waals surface area contributed by atoms with Crippen molar-refractivity contribution in [2.24, 2.45) is 0 Å². The fraction of sp³-hybridized carbons (Fsp3) is 0.308. The molecular formula is C13H16N. The van der Waals surface area contributed by atoms with Gasteiger partial charge in [-0.05, 0) is 30.9 Å². The van der Waals surface area contributed by atoms with Gasteiger partial charge in [-0.3, -0.25) is 0 Å². The molecule has 0 atom stereocenters. The molecule has 1 aromatic carbocycles. The summed E-state index contributed by atoms with van der Waals surface area (Å²) in [6.45, 7) is 7.00. The van der Waals surface area contributed by atoms with Crippen molar-refractivity contribution in [2.75, 3.05) is 11.4 Å². The molecule has 1 aliphatic rings. The summed E-state index contributed by atoms with van der Waals surface area (Å²) >= 11 is 0. The summed E-state index contributed by atoms with van der Waals surface area (Å²) < 4.78 is 0. The van der Waals surface area contributed by atoms with Gasteiger partial charge in [0.2, 0.25) is 0 Å². The maximum atomic E-state index is 3.80. The molecular weight excluding hydrogens is 170 g/mol. The van der Waals surface area contributed by atoms with Crippen molar-refractivity contribution in [3.8, 4) is 0 Å². The predicted molar refractivity (Wildman–Crippen MR) is 61.2 cm³/mol. The first kappa shape index (κ1) is 9.32. The number of anilines is 1. The molecule has 0 fully saturated rings. The van der Waals surface area contributed by atoms with E-state index < -0.39 is 0 Å². The number of fused-ring (bicyclic) bond motifs is 1. The van der Waals surface area contributed by atoms with Crippen LogP contribution in [0.1, 0.15) is 18.4 Å². The average molecular weight is 186 g/mol. The molecule has 2 rings (SSSR count). The molecule has 0 bridgehead atoms. The van der Waals surface area contributed by atoms with Crippen LogP contribution in [-0.4, -0.2) is 6.54 Å². The van der Waals surface area contributed by atoms with E-state index in [2.05, 4.69) is 42.3 Å². The lowest BCUT2D eigenvalue weighted by Crippen LogP contribution is -2.19. The highest BCUT2D eigenvalue weighted by atomic mass is 15.1. The van der Waals surface area contributed by atoms with Gasteiger partial charge in [0.1, 0.15) is 0 Å². The van der Waals surface area contributed by atoms with E-state index in [-0.39, 0.29) is 0 Å². The topological polar surface area (TPSA) is 3.24 Å². The number of benzene rings is 1. The second-order valence-electron chi connectivity index (χ2n) is 3.64. The largest absolute Gasteiger partial charge is 0.363 e. The van der Waals surface area contributed by atoms with Crippen LogP contribution >= 0.6 is 0 Å². The molecule has 0 aliphatic carbocycles. The van der Waals surface area contributed by atoms with Crippen molar-refractivity contribution in [1.29, 1.82) is 0 Å². The molecule has 1 radical (unpaired) electrons. The Bertz CT molecular complexity index is 317. The maximum absolute atomic E-state index is 3.80. The fourth-order valence-corrected chi connectivity index (χ4v) is 1.95. The minimum atomic E-state index is 0.914. The summed E-state index contributed by atoms with van der Waals surface area (Å²) in [7, 11) is 0. The van der Waals surface area contributed by atoms with Crippen LogP contribution in [0, 0.1) is 6.54 Å². The Morgan fingerprint density at radius 2 is 2.21 bits per heavy atom. The Balaban J connectivity index is 2.31. The minimum Gasteiger partial charge on any atom is -0.363 e. The molecule has 1 aromatic rings. The van der Waals surface area contributed by atoms with Crippen molar-refractivity contribution < 1.29 is 0 Å². The normalized spacial score (nSPS) is 15.9. The third kappa shape index (κ3) is 1.82. The molecule has 1 heterocycles. The summed E-state index contributed by atoms with van der Waals surface area (Å²) in [5.74, 6) is 0. The van der Waals surface area contributed by atoms with Gasteiger partial charge < -0.3 is 4.90 Å². The highest BCUT2D eigenvalue weighted by Crippen LogP contribution is 2.27. The molecule has 1 aliphatic heterocycles.